The van der Waals surface area contributed by atoms with Crippen LogP contribution < -0.4 is 14.8 Å². The van der Waals surface area contributed by atoms with E-state index in [-0.39, 0.29) is 18.4 Å². The fourth-order valence-electron chi connectivity index (χ4n) is 2.61. The van der Waals surface area contributed by atoms with E-state index in [1.165, 1.54) is 0 Å². The van der Waals surface area contributed by atoms with Crippen LogP contribution in [0.2, 0.25) is 0 Å². The summed E-state index contributed by atoms with van der Waals surface area (Å²) in [5.41, 5.74) is 0.702. The van der Waals surface area contributed by atoms with Crippen molar-refractivity contribution < 1.29 is 22.7 Å². The molecule has 0 spiro atoms. The highest BCUT2D eigenvalue weighted by molar-refractivity contribution is 7.88. The Labute approximate surface area is 142 Å². The quantitative estimate of drug-likeness (QED) is 0.724. The van der Waals surface area contributed by atoms with Gasteiger partial charge in [-0.3, -0.25) is 4.79 Å². The maximum absolute atomic E-state index is 12.2. The fourth-order valence-corrected chi connectivity index (χ4v) is 3.35. The molecular weight excluding hydrogens is 332 g/mol. The van der Waals surface area contributed by atoms with Gasteiger partial charge in [0.2, 0.25) is 15.9 Å². The molecule has 1 aromatic rings. The van der Waals surface area contributed by atoms with Crippen LogP contribution in [-0.4, -0.2) is 46.9 Å². The number of rotatable bonds is 8. The first-order valence-electron chi connectivity index (χ1n) is 7.87. The molecule has 0 aliphatic carbocycles. The predicted molar refractivity (Wildman–Crippen MR) is 90.3 cm³/mol. The summed E-state index contributed by atoms with van der Waals surface area (Å²) in [4.78, 5) is 12.2. The lowest BCUT2D eigenvalue weighted by molar-refractivity contribution is -0.122. The van der Waals surface area contributed by atoms with E-state index in [1.54, 1.807) is 31.4 Å². The van der Waals surface area contributed by atoms with E-state index in [0.717, 1.165) is 25.7 Å². The van der Waals surface area contributed by atoms with E-state index in [9.17, 15) is 13.2 Å². The topological polar surface area (TPSA) is 93.7 Å². The van der Waals surface area contributed by atoms with E-state index < -0.39 is 16.1 Å². The maximum atomic E-state index is 12.2. The number of ether oxygens (including phenoxy) is 2. The SMILES string of the molecule is COc1ccc(C(CC(=O)NCC2CCCO2)NS(C)(=O)=O)cc1. The van der Waals surface area contributed by atoms with E-state index in [1.807, 2.05) is 0 Å². The van der Waals surface area contributed by atoms with E-state index in [0.29, 0.717) is 17.9 Å². The average molecular weight is 356 g/mol. The number of sulfonamides is 1. The van der Waals surface area contributed by atoms with Crippen molar-refractivity contribution in [1.82, 2.24) is 10.0 Å². The Kier molecular flexibility index (Phi) is 6.59. The lowest BCUT2D eigenvalue weighted by Crippen LogP contribution is -2.36. The standard InChI is InChI=1S/C16H24N2O5S/c1-22-13-7-5-12(6-8-13)15(18-24(2,20)21)10-16(19)17-11-14-4-3-9-23-14/h5-8,14-15,18H,3-4,9-11H2,1-2H3,(H,17,19). The Morgan fingerprint density at radius 2 is 2.08 bits per heavy atom. The molecule has 1 aromatic carbocycles. The van der Waals surface area contributed by atoms with Crippen LogP contribution in [0.3, 0.4) is 0 Å². The third-order valence-electron chi connectivity index (χ3n) is 3.81. The van der Waals surface area contributed by atoms with Crippen LogP contribution in [0, 0.1) is 0 Å². The van der Waals surface area contributed by atoms with Gasteiger partial charge in [-0.05, 0) is 30.5 Å². The third-order valence-corrected chi connectivity index (χ3v) is 4.53. The summed E-state index contributed by atoms with van der Waals surface area (Å²) in [5, 5.41) is 2.81. The lowest BCUT2D eigenvalue weighted by Gasteiger charge is -2.19. The zero-order valence-corrected chi connectivity index (χ0v) is 14.8. The van der Waals surface area contributed by atoms with Gasteiger partial charge in [0.05, 0.1) is 25.5 Å². The molecule has 0 saturated carbocycles. The molecule has 2 atom stereocenters. The molecule has 134 valence electrons. The summed E-state index contributed by atoms with van der Waals surface area (Å²) in [7, 11) is -1.89. The van der Waals surface area contributed by atoms with Crippen molar-refractivity contribution in [2.45, 2.75) is 31.4 Å². The van der Waals surface area contributed by atoms with Gasteiger partial charge in [0.25, 0.3) is 0 Å². The van der Waals surface area contributed by atoms with Gasteiger partial charge in [-0.1, -0.05) is 12.1 Å². The molecule has 2 N–H and O–H groups in total. The number of hydrogen-bond acceptors (Lipinski definition) is 5. The molecule has 1 heterocycles. The second kappa shape index (κ2) is 8.46. The van der Waals surface area contributed by atoms with Gasteiger partial charge in [-0.15, -0.1) is 0 Å². The molecule has 2 unspecified atom stereocenters. The molecule has 1 aliphatic heterocycles. The molecule has 8 heteroatoms. The third kappa shape index (κ3) is 6.10. The zero-order chi connectivity index (χ0) is 17.6. The van der Waals surface area contributed by atoms with Crippen LogP contribution >= 0.6 is 0 Å². The Bertz CT molecular complexity index is 639. The Balaban J connectivity index is 2.00. The van der Waals surface area contributed by atoms with Crippen molar-refractivity contribution in [2.75, 3.05) is 26.5 Å². The van der Waals surface area contributed by atoms with Crippen molar-refractivity contribution in [3.8, 4) is 5.75 Å². The van der Waals surface area contributed by atoms with E-state index >= 15 is 0 Å². The number of methoxy groups -OCH3 is 1. The Morgan fingerprint density at radius 1 is 1.38 bits per heavy atom. The summed E-state index contributed by atoms with van der Waals surface area (Å²) in [5.74, 6) is 0.446. The summed E-state index contributed by atoms with van der Waals surface area (Å²) in [6.45, 7) is 1.18. The van der Waals surface area contributed by atoms with E-state index in [4.69, 9.17) is 9.47 Å². The van der Waals surface area contributed by atoms with Crippen molar-refractivity contribution in [3.05, 3.63) is 29.8 Å². The Morgan fingerprint density at radius 3 is 2.62 bits per heavy atom. The predicted octanol–water partition coefficient (Wildman–Crippen LogP) is 0.971. The number of carbonyl (C=O) groups excluding carboxylic acids is 1. The van der Waals surface area contributed by atoms with Crippen LogP contribution in [0.4, 0.5) is 0 Å². The molecule has 1 fully saturated rings. The van der Waals surface area contributed by atoms with Crippen LogP contribution in [0.15, 0.2) is 24.3 Å². The van der Waals surface area contributed by atoms with Gasteiger partial charge in [0.15, 0.2) is 0 Å². The van der Waals surface area contributed by atoms with Crippen molar-refractivity contribution in [1.29, 1.82) is 0 Å². The fraction of sp³-hybridized carbons (Fsp3) is 0.562. The highest BCUT2D eigenvalue weighted by atomic mass is 32.2. The number of hydrogen-bond donors (Lipinski definition) is 2. The highest BCUT2D eigenvalue weighted by Crippen LogP contribution is 2.21. The number of nitrogens with one attached hydrogen (secondary N) is 2. The van der Waals surface area contributed by atoms with Gasteiger partial charge >= 0.3 is 0 Å². The second-order valence-electron chi connectivity index (χ2n) is 5.86. The summed E-state index contributed by atoms with van der Waals surface area (Å²) in [6.07, 6.45) is 3.09. The van der Waals surface area contributed by atoms with Gasteiger partial charge in [-0.2, -0.15) is 0 Å². The lowest BCUT2D eigenvalue weighted by atomic mass is 10.0. The first-order valence-corrected chi connectivity index (χ1v) is 9.76. The molecule has 7 nitrogen and oxygen atoms in total. The highest BCUT2D eigenvalue weighted by Gasteiger charge is 2.21. The molecule has 1 saturated heterocycles. The molecule has 2 rings (SSSR count). The van der Waals surface area contributed by atoms with Gasteiger partial charge in [-0.25, -0.2) is 13.1 Å². The number of amides is 1. The monoisotopic (exact) mass is 356 g/mol. The molecule has 0 bridgehead atoms. The Hall–Kier alpha value is -1.64. The van der Waals surface area contributed by atoms with Crippen molar-refractivity contribution in [3.63, 3.8) is 0 Å². The molecule has 24 heavy (non-hydrogen) atoms. The first-order chi connectivity index (χ1) is 11.4. The van der Waals surface area contributed by atoms with Gasteiger partial charge < -0.3 is 14.8 Å². The minimum Gasteiger partial charge on any atom is -0.497 e. The van der Waals surface area contributed by atoms with Crippen LogP contribution in [-0.2, 0) is 19.6 Å². The minimum atomic E-state index is -3.45. The molecule has 0 radical (unpaired) electrons. The van der Waals surface area contributed by atoms with Gasteiger partial charge in [0.1, 0.15) is 5.75 Å². The summed E-state index contributed by atoms with van der Waals surface area (Å²) in [6, 6.07) is 6.33. The summed E-state index contributed by atoms with van der Waals surface area (Å²) >= 11 is 0. The van der Waals surface area contributed by atoms with Crippen LogP contribution in [0.1, 0.15) is 30.9 Å². The largest absolute Gasteiger partial charge is 0.497 e. The maximum Gasteiger partial charge on any atom is 0.222 e. The average Bonchev–Trinajstić information content (AvgIpc) is 3.04. The summed E-state index contributed by atoms with van der Waals surface area (Å²) < 4.78 is 36.3. The minimum absolute atomic E-state index is 0.0200. The van der Waals surface area contributed by atoms with Crippen molar-refractivity contribution >= 4 is 15.9 Å². The van der Waals surface area contributed by atoms with Crippen molar-refractivity contribution in [2.24, 2.45) is 0 Å². The molecular formula is C16H24N2O5S. The van der Waals surface area contributed by atoms with Gasteiger partial charge in [0, 0.05) is 19.6 Å². The van der Waals surface area contributed by atoms with Crippen LogP contribution in [0.25, 0.3) is 0 Å². The number of benzene rings is 1. The van der Waals surface area contributed by atoms with Crippen LogP contribution in [0.5, 0.6) is 5.75 Å². The molecule has 1 amide bonds. The van der Waals surface area contributed by atoms with E-state index in [2.05, 4.69) is 10.0 Å². The smallest absolute Gasteiger partial charge is 0.222 e. The number of carbonyl (C=O) groups is 1. The zero-order valence-electron chi connectivity index (χ0n) is 13.9. The molecule has 0 aromatic heterocycles. The normalized spacial score (nSPS) is 19.0. The second-order valence-corrected chi connectivity index (χ2v) is 7.64. The first kappa shape index (κ1) is 18.7. The molecule has 1 aliphatic rings.